The number of nitrogens with one attached hydrogen (secondary N) is 2. The molecule has 0 spiro atoms. The van der Waals surface area contributed by atoms with Crippen molar-refractivity contribution in [2.45, 2.75) is 44.1 Å². The molecule has 24 heavy (non-hydrogen) atoms. The summed E-state index contributed by atoms with van der Waals surface area (Å²) in [4.78, 5) is 23.7. The van der Waals surface area contributed by atoms with Gasteiger partial charge in [0.1, 0.15) is 22.4 Å². The van der Waals surface area contributed by atoms with E-state index in [4.69, 9.17) is 0 Å². The SMILES string of the molecule is CC(C)(C)[S@](=O)Nc1c(NC2c3ccccc3CC2O)c(=O)c1=O. The zero-order valence-corrected chi connectivity index (χ0v) is 14.6. The lowest BCUT2D eigenvalue weighted by atomic mass is 10.1. The third-order valence-corrected chi connectivity index (χ3v) is 5.67. The van der Waals surface area contributed by atoms with Gasteiger partial charge in [0.2, 0.25) is 0 Å². The lowest BCUT2D eigenvalue weighted by Crippen LogP contribution is -2.41. The van der Waals surface area contributed by atoms with Gasteiger partial charge in [-0.3, -0.25) is 14.3 Å². The van der Waals surface area contributed by atoms with E-state index < -0.39 is 38.7 Å². The smallest absolute Gasteiger partial charge is 0.254 e. The second kappa shape index (κ2) is 5.82. The summed E-state index contributed by atoms with van der Waals surface area (Å²) in [6.07, 6.45) is -0.201. The molecule has 2 aromatic rings. The molecule has 1 aliphatic rings. The van der Waals surface area contributed by atoms with Crippen LogP contribution in [0, 0.1) is 0 Å². The Hall–Kier alpha value is -1.99. The van der Waals surface area contributed by atoms with Crippen LogP contribution in [0.25, 0.3) is 0 Å². The third kappa shape index (κ3) is 2.78. The van der Waals surface area contributed by atoms with Gasteiger partial charge in [0.15, 0.2) is 0 Å². The van der Waals surface area contributed by atoms with Gasteiger partial charge in [-0.25, -0.2) is 4.21 Å². The maximum atomic E-state index is 12.2. The monoisotopic (exact) mass is 348 g/mol. The van der Waals surface area contributed by atoms with Crippen molar-refractivity contribution < 1.29 is 9.32 Å². The van der Waals surface area contributed by atoms with E-state index in [-0.39, 0.29) is 11.4 Å². The highest BCUT2D eigenvalue weighted by Crippen LogP contribution is 2.35. The van der Waals surface area contributed by atoms with Crippen molar-refractivity contribution in [2.24, 2.45) is 0 Å². The minimum absolute atomic E-state index is 0.0323. The molecular formula is C17H20N2O4S. The van der Waals surface area contributed by atoms with Gasteiger partial charge >= 0.3 is 0 Å². The Morgan fingerprint density at radius 1 is 1.12 bits per heavy atom. The molecule has 2 unspecified atom stereocenters. The fourth-order valence-electron chi connectivity index (χ4n) is 2.78. The highest BCUT2D eigenvalue weighted by atomic mass is 32.2. The van der Waals surface area contributed by atoms with Crippen LogP contribution in [0.1, 0.15) is 37.9 Å². The Morgan fingerprint density at radius 3 is 2.42 bits per heavy atom. The molecular weight excluding hydrogens is 328 g/mol. The normalized spacial score (nSPS) is 21.5. The molecule has 3 N–H and O–H groups in total. The summed E-state index contributed by atoms with van der Waals surface area (Å²) in [6, 6.07) is 7.10. The Balaban J connectivity index is 1.87. The first-order chi connectivity index (χ1) is 11.2. The van der Waals surface area contributed by atoms with Crippen LogP contribution in [0.15, 0.2) is 33.9 Å². The van der Waals surface area contributed by atoms with Gasteiger partial charge in [-0.05, 0) is 31.9 Å². The molecule has 0 aliphatic heterocycles. The molecule has 128 valence electrons. The molecule has 1 aliphatic carbocycles. The minimum Gasteiger partial charge on any atom is -0.390 e. The quantitative estimate of drug-likeness (QED) is 0.722. The standard InChI is InChI=1S/C17H20N2O4S/c1-17(2,3)24(23)19-14-13(15(21)16(14)22)18-12-10-7-5-4-6-9(10)8-11(12)20/h4-7,11-12,18-20H,8H2,1-3H3/t11?,12?,24-/m0/s1. The average Bonchev–Trinajstić information content (AvgIpc) is 2.84. The van der Waals surface area contributed by atoms with Crippen LogP contribution >= 0.6 is 0 Å². The minimum atomic E-state index is -1.51. The molecule has 0 saturated carbocycles. The molecule has 3 rings (SSSR count). The Morgan fingerprint density at radius 2 is 1.75 bits per heavy atom. The largest absolute Gasteiger partial charge is 0.390 e. The van der Waals surface area contributed by atoms with Crippen molar-refractivity contribution in [1.29, 1.82) is 0 Å². The zero-order chi connectivity index (χ0) is 17.6. The molecule has 0 amide bonds. The number of fused-ring (bicyclic) bond motifs is 1. The first-order valence-electron chi connectivity index (χ1n) is 7.74. The molecule has 0 radical (unpaired) electrons. The van der Waals surface area contributed by atoms with Crippen LogP contribution in [0.4, 0.5) is 11.4 Å². The number of hydrogen-bond donors (Lipinski definition) is 3. The second-order valence-electron chi connectivity index (χ2n) is 6.98. The zero-order valence-electron chi connectivity index (χ0n) is 13.8. The summed E-state index contributed by atoms with van der Waals surface area (Å²) in [5, 5.41) is 13.2. The van der Waals surface area contributed by atoms with Crippen molar-refractivity contribution in [3.63, 3.8) is 0 Å². The van der Waals surface area contributed by atoms with E-state index in [1.54, 1.807) is 20.8 Å². The van der Waals surface area contributed by atoms with E-state index in [1.165, 1.54) is 0 Å². The van der Waals surface area contributed by atoms with Gasteiger partial charge in [-0.15, -0.1) is 0 Å². The van der Waals surface area contributed by atoms with Crippen molar-refractivity contribution in [3.8, 4) is 0 Å². The van der Waals surface area contributed by atoms with Crippen molar-refractivity contribution >= 4 is 22.4 Å². The summed E-state index contributed by atoms with van der Waals surface area (Å²) in [7, 11) is -1.51. The van der Waals surface area contributed by atoms with Gasteiger partial charge in [-0.1, -0.05) is 24.3 Å². The van der Waals surface area contributed by atoms with E-state index in [0.29, 0.717) is 6.42 Å². The van der Waals surface area contributed by atoms with Gasteiger partial charge in [0.25, 0.3) is 10.9 Å². The van der Waals surface area contributed by atoms with Gasteiger partial charge < -0.3 is 10.4 Å². The summed E-state index contributed by atoms with van der Waals surface area (Å²) < 4.78 is 14.3. The molecule has 7 heteroatoms. The van der Waals surface area contributed by atoms with Crippen LogP contribution in [0.3, 0.4) is 0 Å². The highest BCUT2D eigenvalue weighted by molar-refractivity contribution is 7.87. The summed E-state index contributed by atoms with van der Waals surface area (Å²) >= 11 is 0. The topological polar surface area (TPSA) is 95.5 Å². The summed E-state index contributed by atoms with van der Waals surface area (Å²) in [6.45, 7) is 5.31. The van der Waals surface area contributed by atoms with E-state index in [9.17, 15) is 18.9 Å². The van der Waals surface area contributed by atoms with Crippen molar-refractivity contribution in [3.05, 3.63) is 55.8 Å². The number of rotatable bonds is 4. The molecule has 0 saturated heterocycles. The number of aliphatic hydroxyl groups is 1. The number of benzene rings is 1. The molecule has 0 bridgehead atoms. The van der Waals surface area contributed by atoms with Crippen molar-refractivity contribution in [1.82, 2.24) is 0 Å². The summed E-state index contributed by atoms with van der Waals surface area (Å²) in [5.41, 5.74) is 0.703. The van der Waals surface area contributed by atoms with E-state index in [0.717, 1.165) is 11.1 Å². The van der Waals surface area contributed by atoms with E-state index in [1.807, 2.05) is 24.3 Å². The van der Waals surface area contributed by atoms with Crippen LogP contribution in [-0.2, 0) is 17.4 Å². The van der Waals surface area contributed by atoms with Gasteiger partial charge in [-0.2, -0.15) is 0 Å². The van der Waals surface area contributed by atoms with Crippen LogP contribution in [0.2, 0.25) is 0 Å². The Labute approximate surface area is 142 Å². The predicted molar refractivity (Wildman–Crippen MR) is 95.4 cm³/mol. The Kier molecular flexibility index (Phi) is 4.09. The molecule has 0 heterocycles. The van der Waals surface area contributed by atoms with E-state index >= 15 is 0 Å². The highest BCUT2D eigenvalue weighted by Gasteiger charge is 2.34. The van der Waals surface area contributed by atoms with Gasteiger partial charge in [0, 0.05) is 6.42 Å². The first-order valence-corrected chi connectivity index (χ1v) is 8.89. The van der Waals surface area contributed by atoms with Crippen LogP contribution in [-0.4, -0.2) is 20.2 Å². The fourth-order valence-corrected chi connectivity index (χ4v) is 3.46. The Bertz CT molecular complexity index is 878. The summed E-state index contributed by atoms with van der Waals surface area (Å²) in [5.74, 6) is 0. The average molecular weight is 348 g/mol. The van der Waals surface area contributed by atoms with Crippen molar-refractivity contribution in [2.75, 3.05) is 10.0 Å². The number of anilines is 2. The molecule has 0 fully saturated rings. The third-order valence-electron chi connectivity index (χ3n) is 4.17. The lowest BCUT2D eigenvalue weighted by Gasteiger charge is -2.24. The number of hydrogen-bond acceptors (Lipinski definition) is 5. The maximum absolute atomic E-state index is 12.2. The van der Waals surface area contributed by atoms with Crippen LogP contribution < -0.4 is 20.9 Å². The predicted octanol–water partition coefficient (Wildman–Crippen LogP) is 1.23. The second-order valence-corrected chi connectivity index (χ2v) is 8.95. The lowest BCUT2D eigenvalue weighted by molar-refractivity contribution is 0.166. The maximum Gasteiger partial charge on any atom is 0.254 e. The first kappa shape index (κ1) is 16.9. The molecule has 6 nitrogen and oxygen atoms in total. The number of aliphatic hydroxyl groups excluding tert-OH is 1. The molecule has 0 aromatic heterocycles. The molecule has 3 atom stereocenters. The molecule has 2 aromatic carbocycles. The van der Waals surface area contributed by atoms with Gasteiger partial charge in [0.05, 0.1) is 16.9 Å². The fraction of sp³-hybridized carbons (Fsp3) is 0.412. The van der Waals surface area contributed by atoms with E-state index in [2.05, 4.69) is 10.0 Å². The van der Waals surface area contributed by atoms with Crippen LogP contribution in [0.5, 0.6) is 0 Å².